The standard InChI is InChI=1S/C14H10Br2O2.2Li/c1-17-13-7-9(3-5-11(13)15)10-4-6-12(16)14(8-10)18-2;;/h5-8H,1-2H3;;/q-2;2*+1. The van der Waals surface area contributed by atoms with E-state index in [2.05, 4.69) is 44.0 Å². The van der Waals surface area contributed by atoms with Gasteiger partial charge in [0.15, 0.2) is 0 Å². The molecule has 0 spiro atoms. The van der Waals surface area contributed by atoms with Crippen LogP contribution in [0.15, 0.2) is 33.2 Å². The Morgan fingerprint density at radius 2 is 1.15 bits per heavy atom. The summed E-state index contributed by atoms with van der Waals surface area (Å²) < 4.78 is 12.3. The smallest absolute Gasteiger partial charge is 0.516 e. The van der Waals surface area contributed by atoms with Gasteiger partial charge in [-0.1, -0.05) is 0 Å². The minimum atomic E-state index is 0. The molecule has 0 saturated carbocycles. The molecule has 0 N–H and O–H groups in total. The summed E-state index contributed by atoms with van der Waals surface area (Å²) in [6.45, 7) is 0. The van der Waals surface area contributed by atoms with Crippen molar-refractivity contribution in [1.82, 2.24) is 0 Å². The first-order chi connectivity index (χ1) is 8.65. The van der Waals surface area contributed by atoms with Crippen molar-refractivity contribution in [2.45, 2.75) is 0 Å². The zero-order valence-corrected chi connectivity index (χ0v) is 15.1. The van der Waals surface area contributed by atoms with Crippen LogP contribution >= 0.6 is 31.9 Å². The average molecular weight is 384 g/mol. The minimum absolute atomic E-state index is 0. The Balaban J connectivity index is 0.00000180. The van der Waals surface area contributed by atoms with Crippen LogP contribution in [0.5, 0.6) is 11.5 Å². The number of rotatable bonds is 3. The fourth-order valence-electron chi connectivity index (χ4n) is 1.53. The Bertz CT molecular complexity index is 526. The van der Waals surface area contributed by atoms with Gasteiger partial charge in [0.05, 0.1) is 14.2 Å². The van der Waals surface area contributed by atoms with Gasteiger partial charge in [-0.25, -0.2) is 11.1 Å². The van der Waals surface area contributed by atoms with E-state index in [0.717, 1.165) is 31.6 Å². The molecule has 0 heterocycles. The Kier molecular flexibility index (Phi) is 9.35. The molecule has 20 heavy (non-hydrogen) atoms. The monoisotopic (exact) mass is 382 g/mol. The van der Waals surface area contributed by atoms with E-state index in [-0.39, 0.29) is 37.7 Å². The van der Waals surface area contributed by atoms with Gasteiger partial charge in [0, 0.05) is 11.5 Å². The zero-order valence-electron chi connectivity index (χ0n) is 11.9. The van der Waals surface area contributed by atoms with E-state index < -0.39 is 0 Å². The van der Waals surface area contributed by atoms with Crippen LogP contribution in [-0.2, 0) is 0 Å². The molecular formula is C14H10Br2Li2O2. The Labute approximate surface area is 160 Å². The van der Waals surface area contributed by atoms with Crippen LogP contribution in [0, 0.1) is 12.1 Å². The van der Waals surface area contributed by atoms with Crippen LogP contribution in [0.25, 0.3) is 11.1 Å². The fraction of sp³-hybridized carbons (Fsp3) is 0.143. The maximum absolute atomic E-state index is 5.27. The SMILES string of the molecule is COc1cc(-c2[c-]cc(Br)c(OC)c2)[c-]cc1Br.[Li+].[Li+]. The number of hydrogen-bond acceptors (Lipinski definition) is 2. The van der Waals surface area contributed by atoms with Crippen LogP contribution in [0.4, 0.5) is 0 Å². The molecule has 6 heteroatoms. The van der Waals surface area contributed by atoms with Crippen LogP contribution in [0.2, 0.25) is 0 Å². The zero-order chi connectivity index (χ0) is 13.1. The first-order valence-corrected chi connectivity index (χ1v) is 6.75. The second-order valence-electron chi connectivity index (χ2n) is 3.53. The van der Waals surface area contributed by atoms with Crippen molar-refractivity contribution in [3.63, 3.8) is 0 Å². The minimum Gasteiger partial charge on any atom is -0.516 e. The molecule has 0 aliphatic heterocycles. The van der Waals surface area contributed by atoms with E-state index >= 15 is 0 Å². The number of halogens is 2. The summed E-state index contributed by atoms with van der Waals surface area (Å²) in [6, 6.07) is 13.8. The molecule has 2 nitrogen and oxygen atoms in total. The summed E-state index contributed by atoms with van der Waals surface area (Å²) in [5.41, 5.74) is 1.81. The van der Waals surface area contributed by atoms with Gasteiger partial charge in [-0.2, -0.15) is 12.1 Å². The van der Waals surface area contributed by atoms with Gasteiger partial charge in [-0.3, -0.25) is 0 Å². The first kappa shape index (κ1) is 20.2. The van der Waals surface area contributed by atoms with Gasteiger partial charge in [0.25, 0.3) is 0 Å². The van der Waals surface area contributed by atoms with Crippen molar-refractivity contribution in [3.05, 3.63) is 45.3 Å². The molecule has 0 aliphatic carbocycles. The van der Waals surface area contributed by atoms with E-state index in [1.807, 2.05) is 24.3 Å². The van der Waals surface area contributed by atoms with Gasteiger partial charge < -0.3 is 9.47 Å². The molecule has 0 aromatic heterocycles. The van der Waals surface area contributed by atoms with Crippen molar-refractivity contribution in [1.29, 1.82) is 0 Å². The normalized spacial score (nSPS) is 9.20. The van der Waals surface area contributed by atoms with Gasteiger partial charge in [-0.15, -0.1) is 56.1 Å². The van der Waals surface area contributed by atoms with Gasteiger partial charge >= 0.3 is 37.7 Å². The molecule has 2 rings (SSSR count). The molecule has 0 bridgehead atoms. The third kappa shape index (κ3) is 4.60. The molecule has 94 valence electrons. The third-order valence-corrected chi connectivity index (χ3v) is 3.70. The molecule has 0 amide bonds. The quantitative estimate of drug-likeness (QED) is 0.475. The molecule has 0 unspecified atom stereocenters. The average Bonchev–Trinajstić information content (AvgIpc) is 2.40. The Hall–Kier alpha value is 0.195. The van der Waals surface area contributed by atoms with E-state index in [1.54, 1.807) is 14.2 Å². The number of hydrogen-bond donors (Lipinski definition) is 0. The fourth-order valence-corrected chi connectivity index (χ4v) is 2.31. The molecule has 2 aromatic rings. The number of methoxy groups -OCH3 is 2. The summed E-state index contributed by atoms with van der Waals surface area (Å²) in [7, 11) is 3.27. The van der Waals surface area contributed by atoms with Gasteiger partial charge in [-0.05, 0) is 8.95 Å². The molecule has 0 fully saturated rings. The van der Waals surface area contributed by atoms with E-state index in [4.69, 9.17) is 9.47 Å². The van der Waals surface area contributed by atoms with Crippen molar-refractivity contribution in [3.8, 4) is 22.6 Å². The van der Waals surface area contributed by atoms with Crippen LogP contribution < -0.4 is 47.2 Å². The summed E-state index contributed by atoms with van der Waals surface area (Å²) in [5.74, 6) is 1.53. The van der Waals surface area contributed by atoms with Crippen LogP contribution in [0.1, 0.15) is 0 Å². The van der Waals surface area contributed by atoms with Crippen molar-refractivity contribution in [2.24, 2.45) is 0 Å². The third-order valence-electron chi connectivity index (χ3n) is 2.46. The number of benzene rings is 2. The van der Waals surface area contributed by atoms with Crippen molar-refractivity contribution in [2.75, 3.05) is 14.2 Å². The van der Waals surface area contributed by atoms with Crippen molar-refractivity contribution < 1.29 is 47.2 Å². The second-order valence-corrected chi connectivity index (χ2v) is 5.23. The largest absolute Gasteiger partial charge is 1.00 e. The van der Waals surface area contributed by atoms with Crippen LogP contribution in [-0.4, -0.2) is 14.2 Å². The van der Waals surface area contributed by atoms with E-state index in [1.165, 1.54) is 0 Å². The summed E-state index contributed by atoms with van der Waals surface area (Å²) in [4.78, 5) is 0. The molecular weight excluding hydrogens is 374 g/mol. The predicted molar refractivity (Wildman–Crippen MR) is 78.1 cm³/mol. The summed E-state index contributed by atoms with van der Waals surface area (Å²) >= 11 is 6.81. The van der Waals surface area contributed by atoms with Crippen LogP contribution in [0.3, 0.4) is 0 Å². The van der Waals surface area contributed by atoms with Gasteiger partial charge in [0.1, 0.15) is 0 Å². The number of ether oxygens (including phenoxy) is 2. The maximum atomic E-state index is 5.27. The maximum Gasteiger partial charge on any atom is 1.00 e. The Morgan fingerprint density at radius 3 is 1.45 bits per heavy atom. The summed E-state index contributed by atoms with van der Waals surface area (Å²) in [5, 5.41) is 0. The molecule has 0 saturated heterocycles. The Morgan fingerprint density at radius 1 is 0.800 bits per heavy atom. The summed E-state index contributed by atoms with van der Waals surface area (Å²) in [6.07, 6.45) is 0. The molecule has 0 radical (unpaired) electrons. The van der Waals surface area contributed by atoms with E-state index in [9.17, 15) is 0 Å². The van der Waals surface area contributed by atoms with E-state index in [0.29, 0.717) is 0 Å². The topological polar surface area (TPSA) is 18.5 Å². The molecule has 2 aromatic carbocycles. The molecule has 0 atom stereocenters. The first-order valence-electron chi connectivity index (χ1n) is 5.16. The van der Waals surface area contributed by atoms with Crippen molar-refractivity contribution >= 4 is 31.9 Å². The second kappa shape index (κ2) is 9.26. The predicted octanol–water partition coefficient (Wildman–Crippen LogP) is -1.50. The molecule has 0 aliphatic rings. The van der Waals surface area contributed by atoms with Gasteiger partial charge in [0.2, 0.25) is 0 Å².